The highest BCUT2D eigenvalue weighted by Gasteiger charge is 2.37. The molecule has 0 aromatic carbocycles. The van der Waals surface area contributed by atoms with E-state index >= 15 is 0 Å². The maximum atomic E-state index is 10.5. The smallest absolute Gasteiger partial charge is 0.203 e. The van der Waals surface area contributed by atoms with Gasteiger partial charge in [-0.1, -0.05) is 11.6 Å². The number of carbonyl (C=O) groups is 1. The SMILES string of the molecule is COC1=C(Cl)C(=O)C1Cl. The summed E-state index contributed by atoms with van der Waals surface area (Å²) in [4.78, 5) is 10.5. The van der Waals surface area contributed by atoms with Crippen molar-refractivity contribution in [2.75, 3.05) is 7.11 Å². The van der Waals surface area contributed by atoms with Crippen LogP contribution in [0.3, 0.4) is 0 Å². The minimum absolute atomic E-state index is 0.123. The summed E-state index contributed by atoms with van der Waals surface area (Å²) in [6.07, 6.45) is 0. The van der Waals surface area contributed by atoms with Crippen LogP contribution in [0, 0.1) is 0 Å². The van der Waals surface area contributed by atoms with Crippen LogP contribution in [0.15, 0.2) is 10.8 Å². The van der Waals surface area contributed by atoms with Crippen LogP contribution in [0.25, 0.3) is 0 Å². The van der Waals surface area contributed by atoms with Crippen molar-refractivity contribution in [2.45, 2.75) is 5.38 Å². The predicted octanol–water partition coefficient (Wildman–Crippen LogP) is 1.27. The van der Waals surface area contributed by atoms with Crippen molar-refractivity contribution in [3.05, 3.63) is 10.8 Å². The number of allylic oxidation sites excluding steroid dienone is 2. The fourth-order valence-corrected chi connectivity index (χ4v) is 1.29. The van der Waals surface area contributed by atoms with Gasteiger partial charge in [0.1, 0.15) is 10.8 Å². The average molecular weight is 167 g/mol. The molecule has 1 unspecified atom stereocenters. The molecule has 0 bridgehead atoms. The Bertz CT molecular complexity index is 185. The Morgan fingerprint density at radius 1 is 1.67 bits per heavy atom. The summed E-state index contributed by atoms with van der Waals surface area (Å²) in [7, 11) is 1.43. The quantitative estimate of drug-likeness (QED) is 0.549. The van der Waals surface area contributed by atoms with Crippen LogP contribution in [0.4, 0.5) is 0 Å². The number of alkyl halides is 1. The maximum absolute atomic E-state index is 10.5. The van der Waals surface area contributed by atoms with Crippen LogP contribution in [-0.2, 0) is 9.53 Å². The monoisotopic (exact) mass is 166 g/mol. The first-order valence-corrected chi connectivity index (χ1v) is 3.12. The summed E-state index contributed by atoms with van der Waals surface area (Å²) >= 11 is 10.8. The lowest BCUT2D eigenvalue weighted by molar-refractivity contribution is -0.116. The van der Waals surface area contributed by atoms with Gasteiger partial charge in [-0.25, -0.2) is 0 Å². The summed E-state index contributed by atoms with van der Waals surface area (Å²) in [6, 6.07) is 0. The second-order valence-corrected chi connectivity index (χ2v) is 2.42. The molecule has 0 spiro atoms. The summed E-state index contributed by atoms with van der Waals surface area (Å²) in [6.45, 7) is 0. The Hall–Kier alpha value is -0.210. The molecule has 0 N–H and O–H groups in total. The molecular formula is C5H4Cl2O2. The second kappa shape index (κ2) is 2.20. The van der Waals surface area contributed by atoms with Crippen LogP contribution >= 0.6 is 23.2 Å². The van der Waals surface area contributed by atoms with Crippen molar-refractivity contribution in [3.8, 4) is 0 Å². The molecule has 50 valence electrons. The molecule has 1 rings (SSSR count). The molecule has 9 heavy (non-hydrogen) atoms. The molecule has 0 aromatic heterocycles. The van der Waals surface area contributed by atoms with Crippen LogP contribution < -0.4 is 0 Å². The van der Waals surface area contributed by atoms with E-state index in [9.17, 15) is 4.79 Å². The van der Waals surface area contributed by atoms with Gasteiger partial charge in [0, 0.05) is 0 Å². The first-order valence-electron chi connectivity index (χ1n) is 2.30. The second-order valence-electron chi connectivity index (χ2n) is 1.61. The van der Waals surface area contributed by atoms with E-state index < -0.39 is 5.38 Å². The molecule has 0 fully saturated rings. The summed E-state index contributed by atoms with van der Waals surface area (Å²) < 4.78 is 4.68. The van der Waals surface area contributed by atoms with Gasteiger partial charge in [-0.15, -0.1) is 11.6 Å². The van der Waals surface area contributed by atoms with E-state index in [4.69, 9.17) is 23.2 Å². The van der Waals surface area contributed by atoms with Crippen LogP contribution in [0.1, 0.15) is 0 Å². The number of carbonyl (C=O) groups excluding carboxylic acids is 1. The highest BCUT2D eigenvalue weighted by molar-refractivity contribution is 6.54. The highest BCUT2D eigenvalue weighted by Crippen LogP contribution is 2.32. The minimum Gasteiger partial charge on any atom is -0.497 e. The lowest BCUT2D eigenvalue weighted by atomic mass is 10.1. The third kappa shape index (κ3) is 0.825. The third-order valence-corrected chi connectivity index (χ3v) is 1.88. The molecule has 1 aliphatic carbocycles. The number of ether oxygens (including phenoxy) is 1. The van der Waals surface area contributed by atoms with Gasteiger partial charge in [-0.3, -0.25) is 4.79 Å². The fourth-order valence-electron chi connectivity index (χ4n) is 0.578. The van der Waals surface area contributed by atoms with Crippen molar-refractivity contribution in [3.63, 3.8) is 0 Å². The molecule has 1 atom stereocenters. The van der Waals surface area contributed by atoms with E-state index in [-0.39, 0.29) is 10.8 Å². The Labute approximate surface area is 62.4 Å². The Balaban J connectivity index is 2.83. The lowest BCUT2D eigenvalue weighted by Gasteiger charge is -2.21. The van der Waals surface area contributed by atoms with Crippen molar-refractivity contribution in [2.24, 2.45) is 0 Å². The number of halogens is 2. The van der Waals surface area contributed by atoms with E-state index in [0.29, 0.717) is 5.76 Å². The highest BCUT2D eigenvalue weighted by atomic mass is 35.5. The molecule has 0 heterocycles. The molecular weight excluding hydrogens is 163 g/mol. The first kappa shape index (κ1) is 6.90. The molecule has 0 radical (unpaired) electrons. The number of Topliss-reactive ketones (excluding diaryl/α,β-unsaturated/α-hetero) is 1. The number of hydrogen-bond donors (Lipinski definition) is 0. The zero-order valence-corrected chi connectivity index (χ0v) is 6.16. The van der Waals surface area contributed by atoms with Gasteiger partial charge in [0.05, 0.1) is 7.11 Å². The normalized spacial score (nSPS) is 26.1. The summed E-state index contributed by atoms with van der Waals surface area (Å²) in [5, 5.41) is -0.528. The van der Waals surface area contributed by atoms with E-state index in [2.05, 4.69) is 4.74 Å². The van der Waals surface area contributed by atoms with Gasteiger partial charge in [0.15, 0.2) is 5.38 Å². The topological polar surface area (TPSA) is 26.3 Å². The predicted molar refractivity (Wildman–Crippen MR) is 34.5 cm³/mol. The van der Waals surface area contributed by atoms with E-state index in [1.165, 1.54) is 7.11 Å². The molecule has 0 saturated carbocycles. The van der Waals surface area contributed by atoms with Gasteiger partial charge in [-0.2, -0.15) is 0 Å². The fraction of sp³-hybridized carbons (Fsp3) is 0.400. The number of hydrogen-bond acceptors (Lipinski definition) is 2. The van der Waals surface area contributed by atoms with Gasteiger partial charge in [-0.05, 0) is 0 Å². The van der Waals surface area contributed by atoms with E-state index in [1.807, 2.05) is 0 Å². The first-order chi connectivity index (χ1) is 4.18. The molecule has 2 nitrogen and oxygen atoms in total. The zero-order valence-electron chi connectivity index (χ0n) is 4.65. The minimum atomic E-state index is -0.650. The third-order valence-electron chi connectivity index (χ3n) is 1.11. The van der Waals surface area contributed by atoms with Crippen molar-refractivity contribution >= 4 is 29.0 Å². The Morgan fingerprint density at radius 2 is 2.22 bits per heavy atom. The van der Waals surface area contributed by atoms with Gasteiger partial charge in [0.2, 0.25) is 5.78 Å². The van der Waals surface area contributed by atoms with Crippen molar-refractivity contribution in [1.29, 1.82) is 0 Å². The zero-order chi connectivity index (χ0) is 7.02. The van der Waals surface area contributed by atoms with Crippen LogP contribution in [-0.4, -0.2) is 18.3 Å². The lowest BCUT2D eigenvalue weighted by Crippen LogP contribution is -2.30. The molecule has 4 heteroatoms. The van der Waals surface area contributed by atoms with Crippen LogP contribution in [0.5, 0.6) is 0 Å². The van der Waals surface area contributed by atoms with Crippen LogP contribution in [0.2, 0.25) is 0 Å². The molecule has 0 aromatic rings. The molecule has 0 aliphatic heterocycles. The maximum Gasteiger partial charge on any atom is 0.203 e. The summed E-state index contributed by atoms with van der Waals surface area (Å²) in [5.41, 5.74) is 0. The Kier molecular flexibility index (Phi) is 1.68. The van der Waals surface area contributed by atoms with Crippen molar-refractivity contribution < 1.29 is 9.53 Å². The van der Waals surface area contributed by atoms with Gasteiger partial charge < -0.3 is 4.74 Å². The van der Waals surface area contributed by atoms with Gasteiger partial charge >= 0.3 is 0 Å². The molecule has 0 saturated heterocycles. The molecule has 0 amide bonds. The number of rotatable bonds is 1. The van der Waals surface area contributed by atoms with E-state index in [0.717, 1.165) is 0 Å². The summed E-state index contributed by atoms with van der Waals surface area (Å²) in [5.74, 6) is 0.124. The molecule has 1 aliphatic rings. The number of methoxy groups -OCH3 is 1. The van der Waals surface area contributed by atoms with Gasteiger partial charge in [0.25, 0.3) is 0 Å². The van der Waals surface area contributed by atoms with E-state index in [1.54, 1.807) is 0 Å². The standard InChI is InChI=1S/C5H4Cl2O2/c1-9-5-2(6)4(8)3(5)7/h2H,1H3. The average Bonchev–Trinajstić information content (AvgIpc) is 1.89. The van der Waals surface area contributed by atoms with Crippen molar-refractivity contribution in [1.82, 2.24) is 0 Å². The number of ketones is 1. The largest absolute Gasteiger partial charge is 0.497 e. The Morgan fingerprint density at radius 3 is 2.44 bits per heavy atom.